The van der Waals surface area contributed by atoms with Crippen molar-refractivity contribution in [1.29, 1.82) is 0 Å². The molecule has 1 heterocycles. The van der Waals surface area contributed by atoms with E-state index in [0.717, 1.165) is 5.56 Å². The van der Waals surface area contributed by atoms with Crippen LogP contribution >= 0.6 is 11.6 Å². The van der Waals surface area contributed by atoms with E-state index in [0.29, 0.717) is 16.5 Å². The quantitative estimate of drug-likeness (QED) is 0.798. The minimum Gasteiger partial charge on any atom is -0.424 e. The van der Waals surface area contributed by atoms with E-state index in [2.05, 4.69) is 4.98 Å². The first-order valence-corrected chi connectivity index (χ1v) is 6.10. The topological polar surface area (TPSA) is 39.2 Å². The minimum atomic E-state index is -0.375. The van der Waals surface area contributed by atoms with Gasteiger partial charge in [-0.25, -0.2) is 0 Å². The average Bonchev–Trinajstić information content (AvgIpc) is 2.39. The van der Waals surface area contributed by atoms with Gasteiger partial charge in [0, 0.05) is 18.1 Å². The van der Waals surface area contributed by atoms with Crippen LogP contribution < -0.4 is 4.74 Å². The maximum atomic E-state index is 11.0. The Morgan fingerprint density at radius 3 is 2.74 bits per heavy atom. The number of halogens is 1. The SMILES string of the molecule is CC(=O)Oc1cccnc1/C=C/c1ccccc1Cl. The van der Waals surface area contributed by atoms with E-state index in [1.807, 2.05) is 30.3 Å². The summed E-state index contributed by atoms with van der Waals surface area (Å²) in [5.74, 6) is 0.0543. The number of esters is 1. The molecule has 0 saturated heterocycles. The van der Waals surface area contributed by atoms with Gasteiger partial charge < -0.3 is 4.74 Å². The molecule has 0 aliphatic heterocycles. The Labute approximate surface area is 116 Å². The molecule has 0 amide bonds. The van der Waals surface area contributed by atoms with Crippen LogP contribution in [-0.4, -0.2) is 11.0 Å². The van der Waals surface area contributed by atoms with Gasteiger partial charge in [-0.3, -0.25) is 9.78 Å². The number of hydrogen-bond donors (Lipinski definition) is 0. The molecule has 96 valence electrons. The number of ether oxygens (including phenoxy) is 1. The van der Waals surface area contributed by atoms with Crippen LogP contribution in [0.2, 0.25) is 5.02 Å². The maximum Gasteiger partial charge on any atom is 0.308 e. The van der Waals surface area contributed by atoms with Gasteiger partial charge in [-0.2, -0.15) is 0 Å². The van der Waals surface area contributed by atoms with Crippen LogP contribution in [0.5, 0.6) is 5.75 Å². The smallest absolute Gasteiger partial charge is 0.308 e. The van der Waals surface area contributed by atoms with Crippen molar-refractivity contribution >= 4 is 29.7 Å². The summed E-state index contributed by atoms with van der Waals surface area (Å²) in [6.45, 7) is 1.36. The van der Waals surface area contributed by atoms with Crippen molar-refractivity contribution in [2.24, 2.45) is 0 Å². The molecule has 2 rings (SSSR count). The van der Waals surface area contributed by atoms with Crippen LogP contribution in [0, 0.1) is 0 Å². The summed E-state index contributed by atoms with van der Waals surface area (Å²) >= 11 is 6.06. The molecule has 0 fully saturated rings. The summed E-state index contributed by atoms with van der Waals surface area (Å²) in [4.78, 5) is 15.2. The number of aromatic nitrogens is 1. The number of hydrogen-bond acceptors (Lipinski definition) is 3. The molecule has 1 aromatic carbocycles. The maximum absolute atomic E-state index is 11.0. The van der Waals surface area contributed by atoms with Gasteiger partial charge in [0.05, 0.1) is 0 Å². The molecule has 0 spiro atoms. The van der Waals surface area contributed by atoms with Gasteiger partial charge in [-0.05, 0) is 29.8 Å². The molecule has 0 radical (unpaired) electrons. The second-order valence-corrected chi connectivity index (χ2v) is 4.24. The molecular weight excluding hydrogens is 262 g/mol. The minimum absolute atomic E-state index is 0.375. The van der Waals surface area contributed by atoms with E-state index >= 15 is 0 Å². The van der Waals surface area contributed by atoms with Gasteiger partial charge in [0.2, 0.25) is 0 Å². The van der Waals surface area contributed by atoms with Crippen LogP contribution in [0.25, 0.3) is 12.2 Å². The van der Waals surface area contributed by atoms with Crippen LogP contribution in [0.1, 0.15) is 18.2 Å². The Balaban J connectivity index is 2.28. The molecule has 4 heteroatoms. The summed E-state index contributed by atoms with van der Waals surface area (Å²) in [6.07, 6.45) is 5.23. The molecule has 0 N–H and O–H groups in total. The predicted molar refractivity (Wildman–Crippen MR) is 75.9 cm³/mol. The van der Waals surface area contributed by atoms with Gasteiger partial charge in [0.15, 0.2) is 5.75 Å². The van der Waals surface area contributed by atoms with E-state index in [1.165, 1.54) is 6.92 Å². The lowest BCUT2D eigenvalue weighted by Gasteiger charge is -2.04. The summed E-state index contributed by atoms with van der Waals surface area (Å²) in [5, 5.41) is 0.656. The van der Waals surface area contributed by atoms with E-state index in [1.54, 1.807) is 24.4 Å². The summed E-state index contributed by atoms with van der Waals surface area (Å²) < 4.78 is 5.08. The molecule has 0 aliphatic rings. The predicted octanol–water partition coefficient (Wildman–Crippen LogP) is 3.83. The molecule has 0 saturated carbocycles. The first kappa shape index (κ1) is 13.3. The highest BCUT2D eigenvalue weighted by atomic mass is 35.5. The van der Waals surface area contributed by atoms with E-state index in [9.17, 15) is 4.79 Å². The Bertz CT molecular complexity index is 623. The Morgan fingerprint density at radius 2 is 2.00 bits per heavy atom. The van der Waals surface area contributed by atoms with Gasteiger partial charge in [0.25, 0.3) is 0 Å². The average molecular weight is 274 g/mol. The lowest BCUT2D eigenvalue weighted by atomic mass is 10.2. The molecule has 0 atom stereocenters. The standard InChI is InChI=1S/C15H12ClNO2/c1-11(18)19-15-7-4-10-17-14(15)9-8-12-5-2-3-6-13(12)16/h2-10H,1H3/b9-8+. The van der Waals surface area contributed by atoms with Gasteiger partial charge in [0.1, 0.15) is 5.69 Å². The van der Waals surface area contributed by atoms with E-state index in [-0.39, 0.29) is 5.97 Å². The molecule has 3 nitrogen and oxygen atoms in total. The molecule has 0 bridgehead atoms. The number of carbonyl (C=O) groups is 1. The van der Waals surface area contributed by atoms with E-state index < -0.39 is 0 Å². The number of carbonyl (C=O) groups excluding carboxylic acids is 1. The third-order valence-corrected chi connectivity index (χ3v) is 2.72. The molecule has 0 aliphatic carbocycles. The summed E-state index contributed by atoms with van der Waals surface area (Å²) in [7, 11) is 0. The zero-order valence-corrected chi connectivity index (χ0v) is 11.1. The van der Waals surface area contributed by atoms with Crippen molar-refractivity contribution in [3.05, 3.63) is 58.9 Å². The lowest BCUT2D eigenvalue weighted by molar-refractivity contribution is -0.131. The van der Waals surface area contributed by atoms with Crippen molar-refractivity contribution in [3.8, 4) is 5.75 Å². The third-order valence-electron chi connectivity index (χ3n) is 2.38. The van der Waals surface area contributed by atoms with Gasteiger partial charge in [-0.15, -0.1) is 0 Å². The molecular formula is C15H12ClNO2. The van der Waals surface area contributed by atoms with Crippen molar-refractivity contribution < 1.29 is 9.53 Å². The number of nitrogens with zero attached hydrogens (tertiary/aromatic N) is 1. The third kappa shape index (κ3) is 3.66. The normalized spacial score (nSPS) is 10.6. The molecule has 19 heavy (non-hydrogen) atoms. The largest absolute Gasteiger partial charge is 0.424 e. The van der Waals surface area contributed by atoms with Crippen molar-refractivity contribution in [1.82, 2.24) is 4.98 Å². The molecule has 1 aromatic heterocycles. The zero-order chi connectivity index (χ0) is 13.7. The van der Waals surface area contributed by atoms with Crippen LogP contribution in [0.4, 0.5) is 0 Å². The zero-order valence-electron chi connectivity index (χ0n) is 10.3. The van der Waals surface area contributed by atoms with Crippen molar-refractivity contribution in [2.45, 2.75) is 6.92 Å². The van der Waals surface area contributed by atoms with Crippen LogP contribution in [0.3, 0.4) is 0 Å². The summed E-state index contributed by atoms with van der Waals surface area (Å²) in [6, 6.07) is 10.9. The Hall–Kier alpha value is -2.13. The first-order chi connectivity index (χ1) is 9.16. The lowest BCUT2D eigenvalue weighted by Crippen LogP contribution is -2.03. The van der Waals surface area contributed by atoms with Crippen LogP contribution in [-0.2, 0) is 4.79 Å². The fourth-order valence-corrected chi connectivity index (χ4v) is 1.75. The number of rotatable bonds is 3. The highest BCUT2D eigenvalue weighted by Crippen LogP contribution is 2.21. The number of benzene rings is 1. The second kappa shape index (κ2) is 6.16. The highest BCUT2D eigenvalue weighted by Gasteiger charge is 2.04. The molecule has 2 aromatic rings. The fraction of sp³-hybridized carbons (Fsp3) is 0.0667. The van der Waals surface area contributed by atoms with Crippen LogP contribution in [0.15, 0.2) is 42.6 Å². The fourth-order valence-electron chi connectivity index (χ4n) is 1.55. The van der Waals surface area contributed by atoms with Gasteiger partial charge >= 0.3 is 5.97 Å². The highest BCUT2D eigenvalue weighted by molar-refractivity contribution is 6.32. The Kier molecular flexibility index (Phi) is 4.31. The second-order valence-electron chi connectivity index (χ2n) is 3.84. The summed E-state index contributed by atoms with van der Waals surface area (Å²) in [5.41, 5.74) is 1.46. The Morgan fingerprint density at radius 1 is 1.21 bits per heavy atom. The van der Waals surface area contributed by atoms with Crippen molar-refractivity contribution in [3.63, 3.8) is 0 Å². The van der Waals surface area contributed by atoms with E-state index in [4.69, 9.17) is 16.3 Å². The van der Waals surface area contributed by atoms with Crippen molar-refractivity contribution in [2.75, 3.05) is 0 Å². The van der Waals surface area contributed by atoms with Gasteiger partial charge in [-0.1, -0.05) is 35.9 Å². The molecule has 0 unspecified atom stereocenters. The monoisotopic (exact) mass is 273 g/mol. The first-order valence-electron chi connectivity index (χ1n) is 5.73. The number of pyridine rings is 1.